The number of hydrogen-bond donors (Lipinski definition) is 2. The molecule has 16 heavy (non-hydrogen) atoms. The Hall–Kier alpha value is -1.59. The van der Waals surface area contributed by atoms with Crippen LogP contribution in [-0.2, 0) is 9.63 Å². The van der Waals surface area contributed by atoms with Gasteiger partial charge in [-0.1, -0.05) is 28.9 Å². The molecule has 1 aromatic rings. The molecule has 0 aliphatic carbocycles. The Kier molecular flexibility index (Phi) is 3.07. The lowest BCUT2D eigenvalue weighted by atomic mass is 10.1. The molecule has 0 bridgehead atoms. The monoisotopic (exact) mass is 240 g/mol. The van der Waals surface area contributed by atoms with E-state index in [1.807, 2.05) is 0 Å². The van der Waals surface area contributed by atoms with E-state index in [2.05, 4.69) is 5.16 Å². The maximum atomic E-state index is 11.1. The maximum Gasteiger partial charge on any atom is 0.287 e. The van der Waals surface area contributed by atoms with E-state index in [4.69, 9.17) is 21.6 Å². The van der Waals surface area contributed by atoms with Crippen molar-refractivity contribution in [1.29, 1.82) is 0 Å². The van der Waals surface area contributed by atoms with E-state index >= 15 is 0 Å². The van der Waals surface area contributed by atoms with Gasteiger partial charge < -0.3 is 4.84 Å². The van der Waals surface area contributed by atoms with Crippen molar-refractivity contribution >= 4 is 23.2 Å². The molecule has 0 aromatic heterocycles. The number of hydrogen-bond acceptors (Lipinski definition) is 4. The third kappa shape index (κ3) is 2.15. The van der Waals surface area contributed by atoms with Crippen LogP contribution in [0.5, 0.6) is 0 Å². The molecule has 84 valence electrons. The predicted octanol–water partition coefficient (Wildman–Crippen LogP) is 1.34. The van der Waals surface area contributed by atoms with Crippen molar-refractivity contribution in [2.75, 3.05) is 0 Å². The van der Waals surface area contributed by atoms with Crippen LogP contribution in [-0.4, -0.2) is 22.9 Å². The Morgan fingerprint density at radius 3 is 2.81 bits per heavy atom. The quantitative estimate of drug-likeness (QED) is 0.605. The number of halogens is 1. The topological polar surface area (TPSA) is 70.9 Å². The molecule has 2 N–H and O–H groups in total. The summed E-state index contributed by atoms with van der Waals surface area (Å²) in [5, 5.41) is 12.9. The highest BCUT2D eigenvalue weighted by atomic mass is 35.5. The first-order chi connectivity index (χ1) is 7.70. The second-order valence-corrected chi connectivity index (χ2v) is 3.76. The van der Waals surface area contributed by atoms with E-state index in [1.54, 1.807) is 24.3 Å². The lowest BCUT2D eigenvalue weighted by Gasteiger charge is -2.03. The highest BCUT2D eigenvalue weighted by Gasteiger charge is 2.28. The molecule has 0 radical (unpaired) electrons. The van der Waals surface area contributed by atoms with E-state index in [0.29, 0.717) is 17.2 Å². The van der Waals surface area contributed by atoms with Gasteiger partial charge in [0.1, 0.15) is 0 Å². The molecule has 1 aliphatic heterocycles. The Balaban J connectivity index is 2.08. The Bertz CT molecular complexity index is 430. The summed E-state index contributed by atoms with van der Waals surface area (Å²) in [5.41, 5.74) is 3.03. The fourth-order valence-corrected chi connectivity index (χ4v) is 1.53. The molecule has 6 heteroatoms. The van der Waals surface area contributed by atoms with Crippen LogP contribution in [0.4, 0.5) is 0 Å². The fourth-order valence-electron chi connectivity index (χ4n) is 1.40. The van der Waals surface area contributed by atoms with Crippen LogP contribution in [0.25, 0.3) is 0 Å². The Labute approximate surface area is 96.6 Å². The van der Waals surface area contributed by atoms with E-state index in [-0.39, 0.29) is 0 Å². The van der Waals surface area contributed by atoms with Crippen LogP contribution >= 0.6 is 11.6 Å². The normalized spacial score (nSPS) is 18.9. The molecule has 1 aromatic carbocycles. The summed E-state index contributed by atoms with van der Waals surface area (Å²) in [6.07, 6.45) is -0.440. The molecule has 1 unspecified atom stereocenters. The second-order valence-electron chi connectivity index (χ2n) is 3.32. The van der Waals surface area contributed by atoms with Gasteiger partial charge in [0, 0.05) is 11.4 Å². The number of amides is 1. The van der Waals surface area contributed by atoms with E-state index < -0.39 is 12.0 Å². The minimum Gasteiger partial charge on any atom is -0.382 e. The van der Waals surface area contributed by atoms with Gasteiger partial charge in [-0.15, -0.1) is 0 Å². The van der Waals surface area contributed by atoms with Crippen molar-refractivity contribution in [3.63, 3.8) is 0 Å². The Morgan fingerprint density at radius 1 is 1.50 bits per heavy atom. The van der Waals surface area contributed by atoms with Gasteiger partial charge in [0.15, 0.2) is 0 Å². The molecular weight excluding hydrogens is 232 g/mol. The summed E-state index contributed by atoms with van der Waals surface area (Å²) in [5.74, 6) is -0.604. The number of nitrogens with zero attached hydrogens (tertiary/aromatic N) is 1. The van der Waals surface area contributed by atoms with Crippen molar-refractivity contribution in [1.82, 2.24) is 5.48 Å². The van der Waals surface area contributed by atoms with Crippen molar-refractivity contribution in [3.05, 3.63) is 34.9 Å². The average Bonchev–Trinajstić information content (AvgIpc) is 2.78. The van der Waals surface area contributed by atoms with E-state index in [0.717, 1.165) is 5.56 Å². The molecule has 1 aliphatic rings. The minimum atomic E-state index is -0.768. The SMILES string of the molecule is O=C(NO)C1CC(c2ccc(Cl)cc2)=NO1. The summed E-state index contributed by atoms with van der Waals surface area (Å²) in [6.45, 7) is 0. The van der Waals surface area contributed by atoms with Gasteiger partial charge >= 0.3 is 0 Å². The van der Waals surface area contributed by atoms with Crippen molar-refractivity contribution in [3.8, 4) is 0 Å². The zero-order chi connectivity index (χ0) is 11.5. The zero-order valence-corrected chi connectivity index (χ0v) is 8.94. The number of benzene rings is 1. The third-order valence-electron chi connectivity index (χ3n) is 2.25. The van der Waals surface area contributed by atoms with Gasteiger partial charge in [0.25, 0.3) is 5.91 Å². The molecule has 1 atom stereocenters. The molecule has 0 fully saturated rings. The van der Waals surface area contributed by atoms with Crippen LogP contribution < -0.4 is 5.48 Å². The number of nitrogens with one attached hydrogen (secondary N) is 1. The van der Waals surface area contributed by atoms with Crippen LogP contribution in [0, 0.1) is 0 Å². The minimum absolute atomic E-state index is 0.327. The van der Waals surface area contributed by atoms with E-state index in [9.17, 15) is 4.79 Å². The van der Waals surface area contributed by atoms with Gasteiger partial charge in [0.05, 0.1) is 5.71 Å². The molecule has 0 saturated heterocycles. The Morgan fingerprint density at radius 2 is 2.19 bits per heavy atom. The fraction of sp³-hybridized carbons (Fsp3) is 0.200. The van der Waals surface area contributed by atoms with Crippen molar-refractivity contribution in [2.45, 2.75) is 12.5 Å². The van der Waals surface area contributed by atoms with Crippen LogP contribution in [0.2, 0.25) is 5.02 Å². The van der Waals surface area contributed by atoms with Crippen LogP contribution in [0.15, 0.2) is 29.4 Å². The standard InChI is InChI=1S/C10H9ClN2O3/c11-7-3-1-6(2-4-7)8-5-9(16-13-8)10(14)12-15/h1-4,9,15H,5H2,(H,12,14). The molecule has 1 amide bonds. The van der Waals surface area contributed by atoms with Gasteiger partial charge in [-0.25, -0.2) is 5.48 Å². The average molecular weight is 241 g/mol. The molecule has 0 saturated carbocycles. The summed E-state index contributed by atoms with van der Waals surface area (Å²) < 4.78 is 0. The first-order valence-corrected chi connectivity index (χ1v) is 5.01. The van der Waals surface area contributed by atoms with E-state index in [1.165, 1.54) is 5.48 Å². The molecule has 0 spiro atoms. The van der Waals surface area contributed by atoms with Gasteiger partial charge in [0.2, 0.25) is 6.10 Å². The van der Waals surface area contributed by atoms with Gasteiger partial charge in [-0.05, 0) is 17.7 Å². The molecule has 2 rings (SSSR count). The lowest BCUT2D eigenvalue weighted by molar-refractivity contribution is -0.139. The second kappa shape index (κ2) is 4.51. The predicted molar refractivity (Wildman–Crippen MR) is 57.4 cm³/mol. The maximum absolute atomic E-state index is 11.1. The smallest absolute Gasteiger partial charge is 0.287 e. The molecule has 5 nitrogen and oxygen atoms in total. The third-order valence-corrected chi connectivity index (χ3v) is 2.50. The van der Waals surface area contributed by atoms with Crippen molar-refractivity contribution < 1.29 is 14.8 Å². The summed E-state index contributed by atoms with van der Waals surface area (Å²) in [4.78, 5) is 16.0. The summed E-state index contributed by atoms with van der Waals surface area (Å²) in [6, 6.07) is 7.06. The zero-order valence-electron chi connectivity index (χ0n) is 8.18. The van der Waals surface area contributed by atoms with Crippen LogP contribution in [0.3, 0.4) is 0 Å². The number of carbonyl (C=O) groups excluding carboxylic acids is 1. The molecular formula is C10H9ClN2O3. The molecule has 1 heterocycles. The van der Waals surface area contributed by atoms with Crippen LogP contribution in [0.1, 0.15) is 12.0 Å². The summed E-state index contributed by atoms with van der Waals surface area (Å²) in [7, 11) is 0. The summed E-state index contributed by atoms with van der Waals surface area (Å²) >= 11 is 5.75. The number of carbonyl (C=O) groups is 1. The highest BCUT2D eigenvalue weighted by Crippen LogP contribution is 2.18. The first kappa shape index (κ1) is 10.9. The number of oxime groups is 1. The van der Waals surface area contributed by atoms with Gasteiger partial charge in [-0.3, -0.25) is 10.0 Å². The lowest BCUT2D eigenvalue weighted by Crippen LogP contribution is -2.32. The van der Waals surface area contributed by atoms with Crippen molar-refractivity contribution in [2.24, 2.45) is 5.16 Å². The van der Waals surface area contributed by atoms with Gasteiger partial charge in [-0.2, -0.15) is 0 Å². The largest absolute Gasteiger partial charge is 0.382 e. The number of rotatable bonds is 2. The first-order valence-electron chi connectivity index (χ1n) is 4.63. The number of hydroxylamine groups is 1. The highest BCUT2D eigenvalue weighted by molar-refractivity contribution is 6.30.